The monoisotopic (exact) mass is 658 g/mol. The van der Waals surface area contributed by atoms with Gasteiger partial charge >= 0.3 is 11.9 Å². The van der Waals surface area contributed by atoms with E-state index in [9.17, 15) is 9.59 Å². The predicted molar refractivity (Wildman–Crippen MR) is 199 cm³/mol. The molecule has 0 unspecified atom stereocenters. The molecule has 0 bridgehead atoms. The zero-order valence-electron chi connectivity index (χ0n) is 30.9. The molecule has 2 saturated carbocycles. The Hall–Kier alpha value is -2.62. The highest BCUT2D eigenvalue weighted by Crippen LogP contribution is 2.39. The lowest BCUT2D eigenvalue weighted by molar-refractivity contribution is -0.157. The number of benzene rings is 2. The number of unbranched alkanes of at least 4 members (excludes halogenated alkanes) is 8. The van der Waals surface area contributed by atoms with Crippen molar-refractivity contribution in [1.29, 1.82) is 0 Å². The molecular weight excluding hydrogens is 592 g/mol. The molecule has 2 aliphatic carbocycles. The first-order chi connectivity index (χ1) is 23.3. The Morgan fingerprint density at radius 3 is 1.23 bits per heavy atom. The van der Waals surface area contributed by atoms with E-state index in [4.69, 9.17) is 9.47 Å². The molecule has 4 heteroatoms. The Bertz CT molecular complexity index is 1110. The van der Waals surface area contributed by atoms with Gasteiger partial charge in [0.2, 0.25) is 0 Å². The molecule has 0 aromatic heterocycles. The molecule has 2 aliphatic rings. The fraction of sp³-hybridized carbons (Fsp3) is 0.682. The number of esters is 2. The smallest absolute Gasteiger partial charge is 0.341 e. The van der Waals surface area contributed by atoms with Gasteiger partial charge in [-0.1, -0.05) is 122 Å². The molecule has 4 nitrogen and oxygen atoms in total. The average molecular weight is 659 g/mol. The minimum absolute atomic E-state index is 0.365. The SMILES string of the molecule is CCCCCCCC1CCC(c2ccc(C(=O)OC(C)(CC)OC(=O)c3ccc(C4CCC(CCCCCCC)CC4)cc3)cc2)CC1. The Morgan fingerprint density at radius 1 is 0.542 bits per heavy atom. The molecule has 48 heavy (non-hydrogen) atoms. The van der Waals surface area contributed by atoms with Gasteiger partial charge in [-0.15, -0.1) is 0 Å². The summed E-state index contributed by atoms with van der Waals surface area (Å²) in [5.74, 6) is 0.637. The van der Waals surface area contributed by atoms with Crippen molar-refractivity contribution in [3.05, 3.63) is 70.8 Å². The van der Waals surface area contributed by atoms with Crippen LogP contribution in [0.15, 0.2) is 48.5 Å². The minimum atomic E-state index is -1.34. The number of carbonyl (C=O) groups excluding carboxylic acids is 2. The molecule has 0 saturated heterocycles. The third-order valence-electron chi connectivity index (χ3n) is 11.6. The number of rotatable bonds is 19. The summed E-state index contributed by atoms with van der Waals surface area (Å²) in [5, 5.41) is 0. The van der Waals surface area contributed by atoms with Gasteiger partial charge in [-0.05, 0) is 110 Å². The predicted octanol–water partition coefficient (Wildman–Crippen LogP) is 13.1. The average Bonchev–Trinajstić information content (AvgIpc) is 3.12. The normalized spacial score (nSPS) is 22.5. The molecule has 0 amide bonds. The molecule has 0 atom stereocenters. The van der Waals surface area contributed by atoms with E-state index in [-0.39, 0.29) is 0 Å². The Morgan fingerprint density at radius 2 is 0.896 bits per heavy atom. The van der Waals surface area contributed by atoms with E-state index in [0.29, 0.717) is 29.4 Å². The molecule has 0 radical (unpaired) electrons. The molecular formula is C44H66O4. The van der Waals surface area contributed by atoms with Gasteiger partial charge in [0.25, 0.3) is 5.79 Å². The van der Waals surface area contributed by atoms with Gasteiger partial charge < -0.3 is 9.47 Å². The van der Waals surface area contributed by atoms with E-state index in [1.54, 1.807) is 6.92 Å². The zero-order chi connectivity index (χ0) is 34.2. The summed E-state index contributed by atoms with van der Waals surface area (Å²) in [7, 11) is 0. The summed E-state index contributed by atoms with van der Waals surface area (Å²) in [6, 6.07) is 15.8. The van der Waals surface area contributed by atoms with Gasteiger partial charge in [-0.25, -0.2) is 9.59 Å². The summed E-state index contributed by atoms with van der Waals surface area (Å²) in [6.07, 6.45) is 26.9. The second-order valence-corrected chi connectivity index (χ2v) is 15.4. The molecule has 266 valence electrons. The van der Waals surface area contributed by atoms with Crippen LogP contribution in [-0.4, -0.2) is 17.7 Å². The van der Waals surface area contributed by atoms with Gasteiger partial charge in [0, 0.05) is 13.3 Å². The third kappa shape index (κ3) is 12.1. The lowest BCUT2D eigenvalue weighted by Gasteiger charge is -2.30. The van der Waals surface area contributed by atoms with E-state index in [1.165, 1.54) is 140 Å². The molecule has 0 aliphatic heterocycles. The molecule has 2 aromatic carbocycles. The lowest BCUT2D eigenvalue weighted by Crippen LogP contribution is -2.36. The first kappa shape index (κ1) is 38.2. The van der Waals surface area contributed by atoms with Crippen molar-refractivity contribution in [2.45, 2.75) is 180 Å². The second-order valence-electron chi connectivity index (χ2n) is 15.4. The quantitative estimate of drug-likeness (QED) is 0.0856. The number of carbonyl (C=O) groups is 2. The van der Waals surface area contributed by atoms with Gasteiger partial charge in [0.1, 0.15) is 0 Å². The topological polar surface area (TPSA) is 52.6 Å². The Kier molecular flexibility index (Phi) is 16.0. The van der Waals surface area contributed by atoms with E-state index in [0.717, 1.165) is 11.8 Å². The van der Waals surface area contributed by atoms with E-state index in [1.807, 2.05) is 31.2 Å². The molecule has 2 aromatic rings. The van der Waals surface area contributed by atoms with Crippen LogP contribution in [0.4, 0.5) is 0 Å². The first-order valence-electron chi connectivity index (χ1n) is 20.0. The zero-order valence-corrected chi connectivity index (χ0v) is 30.9. The highest BCUT2D eigenvalue weighted by Gasteiger charge is 2.33. The van der Waals surface area contributed by atoms with Gasteiger partial charge in [-0.2, -0.15) is 0 Å². The van der Waals surface area contributed by atoms with E-state index < -0.39 is 17.7 Å². The van der Waals surface area contributed by atoms with Crippen molar-refractivity contribution >= 4 is 11.9 Å². The summed E-state index contributed by atoms with van der Waals surface area (Å²) in [4.78, 5) is 26.3. The van der Waals surface area contributed by atoms with Crippen LogP contribution in [0.5, 0.6) is 0 Å². The van der Waals surface area contributed by atoms with Crippen molar-refractivity contribution in [3.8, 4) is 0 Å². The van der Waals surface area contributed by atoms with Crippen LogP contribution >= 0.6 is 0 Å². The lowest BCUT2D eigenvalue weighted by atomic mass is 9.77. The molecule has 2 fully saturated rings. The van der Waals surface area contributed by atoms with Crippen LogP contribution in [0.3, 0.4) is 0 Å². The van der Waals surface area contributed by atoms with Crippen LogP contribution in [0.2, 0.25) is 0 Å². The van der Waals surface area contributed by atoms with E-state index in [2.05, 4.69) is 38.1 Å². The third-order valence-corrected chi connectivity index (χ3v) is 11.6. The van der Waals surface area contributed by atoms with Gasteiger partial charge in [-0.3, -0.25) is 0 Å². The van der Waals surface area contributed by atoms with Gasteiger partial charge in [0.05, 0.1) is 11.1 Å². The Balaban J connectivity index is 1.20. The molecule has 0 spiro atoms. The first-order valence-corrected chi connectivity index (χ1v) is 20.0. The maximum absolute atomic E-state index is 13.2. The Labute approximate surface area is 293 Å². The van der Waals surface area contributed by atoms with Crippen molar-refractivity contribution in [1.82, 2.24) is 0 Å². The standard InChI is InChI=1S/C44H66O4/c1-5-8-10-12-14-16-34-18-22-36(23-19-34)38-26-30-40(31-27-38)42(45)47-44(4,7-3)48-43(46)41-32-28-39(29-33-41)37-24-20-35(21-25-37)17-15-13-11-9-6-2/h26-37H,5-25H2,1-4H3. The maximum Gasteiger partial charge on any atom is 0.341 e. The fourth-order valence-electron chi connectivity index (χ4n) is 8.10. The summed E-state index contributed by atoms with van der Waals surface area (Å²) < 4.78 is 11.6. The summed E-state index contributed by atoms with van der Waals surface area (Å²) in [5.41, 5.74) is 3.61. The highest BCUT2D eigenvalue weighted by atomic mass is 16.7. The molecule has 4 rings (SSSR count). The van der Waals surface area contributed by atoms with Crippen LogP contribution in [0.25, 0.3) is 0 Å². The maximum atomic E-state index is 13.2. The molecule has 0 heterocycles. The number of ether oxygens (including phenoxy) is 2. The van der Waals surface area contributed by atoms with Gasteiger partial charge in [0.15, 0.2) is 0 Å². The van der Waals surface area contributed by atoms with Crippen molar-refractivity contribution < 1.29 is 19.1 Å². The van der Waals surface area contributed by atoms with Crippen LogP contribution < -0.4 is 0 Å². The summed E-state index contributed by atoms with van der Waals surface area (Å²) >= 11 is 0. The highest BCUT2D eigenvalue weighted by molar-refractivity contribution is 5.91. The number of hydrogen-bond donors (Lipinski definition) is 0. The van der Waals surface area contributed by atoms with E-state index >= 15 is 0 Å². The second kappa shape index (κ2) is 20.1. The van der Waals surface area contributed by atoms with Crippen LogP contribution in [0.1, 0.15) is 206 Å². The van der Waals surface area contributed by atoms with Crippen LogP contribution in [-0.2, 0) is 9.47 Å². The molecule has 0 N–H and O–H groups in total. The van der Waals surface area contributed by atoms with Crippen molar-refractivity contribution in [2.24, 2.45) is 11.8 Å². The fourth-order valence-corrected chi connectivity index (χ4v) is 8.10. The summed E-state index contributed by atoms with van der Waals surface area (Å²) in [6.45, 7) is 8.10. The largest absolute Gasteiger partial charge is 0.419 e. The van der Waals surface area contributed by atoms with Crippen LogP contribution in [0, 0.1) is 11.8 Å². The number of hydrogen-bond acceptors (Lipinski definition) is 4. The minimum Gasteiger partial charge on any atom is -0.419 e. The van der Waals surface area contributed by atoms with Crippen molar-refractivity contribution in [2.75, 3.05) is 0 Å². The van der Waals surface area contributed by atoms with Crippen molar-refractivity contribution in [3.63, 3.8) is 0 Å².